The summed E-state index contributed by atoms with van der Waals surface area (Å²) in [6.07, 6.45) is 4.53. The van der Waals surface area contributed by atoms with Gasteiger partial charge in [0.25, 0.3) is 5.56 Å². The van der Waals surface area contributed by atoms with Gasteiger partial charge < -0.3 is 19.8 Å². The second kappa shape index (κ2) is 7.81. The van der Waals surface area contributed by atoms with Crippen molar-refractivity contribution < 1.29 is 4.79 Å². The fourth-order valence-electron chi connectivity index (χ4n) is 4.87. The number of rotatable bonds is 4. The van der Waals surface area contributed by atoms with Crippen molar-refractivity contribution in [1.29, 1.82) is 0 Å². The SMILES string of the molecule is Cc1cccc(NC(=O)Cn2ccnc2-c2ccc3n(c2=O)C[C@@H]2CNC[C@H]3C2)c1C. The van der Waals surface area contributed by atoms with E-state index in [2.05, 4.69) is 21.7 Å². The first-order valence-corrected chi connectivity index (χ1v) is 10.8. The maximum absolute atomic E-state index is 13.3. The summed E-state index contributed by atoms with van der Waals surface area (Å²) in [4.78, 5) is 30.5. The number of anilines is 1. The standard InChI is InChI=1S/C24H27N5O2/c1-15-4-3-5-20(16(15)2)27-22(30)14-28-9-8-26-23(28)19-6-7-21-18-10-17(11-25-12-18)13-29(21)24(19)31/h3-9,17-18,25H,10-14H2,1-2H3,(H,27,30)/t17-,18+/m0/s1. The molecule has 0 unspecified atom stereocenters. The molecule has 2 atom stereocenters. The number of nitrogens with one attached hydrogen (secondary N) is 2. The van der Waals surface area contributed by atoms with Gasteiger partial charge in [-0.25, -0.2) is 4.98 Å². The van der Waals surface area contributed by atoms with Crippen LogP contribution in [0.25, 0.3) is 11.4 Å². The van der Waals surface area contributed by atoms with Crippen molar-refractivity contribution in [3.63, 3.8) is 0 Å². The average Bonchev–Trinajstić information content (AvgIpc) is 3.20. The Morgan fingerprint density at radius 1 is 1.23 bits per heavy atom. The lowest BCUT2D eigenvalue weighted by atomic mass is 9.84. The normalized spacial score (nSPS) is 19.7. The number of piperidine rings is 1. The smallest absolute Gasteiger partial charge is 0.261 e. The number of fused-ring (bicyclic) bond motifs is 4. The lowest BCUT2D eigenvalue weighted by Gasteiger charge is -2.37. The summed E-state index contributed by atoms with van der Waals surface area (Å²) < 4.78 is 3.67. The Kier molecular flexibility index (Phi) is 4.98. The molecule has 1 amide bonds. The number of hydrogen-bond donors (Lipinski definition) is 2. The van der Waals surface area contributed by atoms with E-state index in [1.54, 1.807) is 17.0 Å². The highest BCUT2D eigenvalue weighted by atomic mass is 16.2. The molecular formula is C24H27N5O2. The minimum Gasteiger partial charge on any atom is -0.324 e. The van der Waals surface area contributed by atoms with Crippen LogP contribution < -0.4 is 16.2 Å². The molecule has 3 aromatic rings. The van der Waals surface area contributed by atoms with Crippen molar-refractivity contribution in [3.05, 3.63) is 69.9 Å². The van der Waals surface area contributed by atoms with Crippen molar-refractivity contribution in [3.8, 4) is 11.4 Å². The molecule has 5 rings (SSSR count). The molecule has 31 heavy (non-hydrogen) atoms. The number of aromatic nitrogens is 3. The van der Waals surface area contributed by atoms with Gasteiger partial charge in [0, 0.05) is 42.8 Å². The van der Waals surface area contributed by atoms with Crippen molar-refractivity contribution >= 4 is 11.6 Å². The zero-order valence-corrected chi connectivity index (χ0v) is 17.9. The van der Waals surface area contributed by atoms with Crippen LogP contribution in [-0.2, 0) is 17.9 Å². The van der Waals surface area contributed by atoms with Gasteiger partial charge in [-0.15, -0.1) is 0 Å². The molecule has 2 aromatic heterocycles. The molecule has 0 aliphatic carbocycles. The Labute approximate surface area is 181 Å². The topological polar surface area (TPSA) is 81.0 Å². The maximum atomic E-state index is 13.3. The average molecular weight is 418 g/mol. The molecular weight excluding hydrogens is 390 g/mol. The van der Waals surface area contributed by atoms with Gasteiger partial charge in [0.2, 0.25) is 5.91 Å². The summed E-state index contributed by atoms with van der Waals surface area (Å²) in [5, 5.41) is 6.45. The third kappa shape index (κ3) is 3.59. The van der Waals surface area contributed by atoms with Crippen LogP contribution in [0.5, 0.6) is 0 Å². The molecule has 0 spiro atoms. The number of nitrogens with zero attached hydrogens (tertiary/aromatic N) is 3. The Morgan fingerprint density at radius 2 is 2.10 bits per heavy atom. The number of amides is 1. The van der Waals surface area contributed by atoms with Gasteiger partial charge >= 0.3 is 0 Å². The highest BCUT2D eigenvalue weighted by molar-refractivity contribution is 5.91. The number of pyridine rings is 1. The van der Waals surface area contributed by atoms with Crippen molar-refractivity contribution in [2.45, 2.75) is 39.3 Å². The Bertz CT molecular complexity index is 1210. The molecule has 0 saturated carbocycles. The zero-order valence-electron chi connectivity index (χ0n) is 17.9. The second-order valence-corrected chi connectivity index (χ2v) is 8.72. The second-order valence-electron chi connectivity index (χ2n) is 8.72. The van der Waals surface area contributed by atoms with Crippen LogP contribution in [0.15, 0.2) is 47.5 Å². The summed E-state index contributed by atoms with van der Waals surface area (Å²) in [6.45, 7) is 6.72. The van der Waals surface area contributed by atoms with E-state index in [1.165, 1.54) is 0 Å². The third-order valence-electron chi connectivity index (χ3n) is 6.66. The van der Waals surface area contributed by atoms with Crippen LogP contribution in [0.1, 0.15) is 29.2 Å². The first-order chi connectivity index (χ1) is 15.0. The van der Waals surface area contributed by atoms with Crippen molar-refractivity contribution in [1.82, 2.24) is 19.4 Å². The minimum absolute atomic E-state index is 0.0171. The molecule has 160 valence electrons. The number of imidazole rings is 1. The van der Waals surface area contributed by atoms with Crippen LogP contribution in [0.2, 0.25) is 0 Å². The van der Waals surface area contributed by atoms with Crippen LogP contribution in [-0.4, -0.2) is 33.1 Å². The fourth-order valence-corrected chi connectivity index (χ4v) is 4.87. The fraction of sp³-hybridized carbons (Fsp3) is 0.375. The summed E-state index contributed by atoms with van der Waals surface area (Å²) in [6, 6.07) is 9.77. The first kappa shape index (κ1) is 19.8. The quantitative estimate of drug-likeness (QED) is 0.684. The zero-order chi connectivity index (χ0) is 21.5. The number of aryl methyl sites for hydroxylation is 1. The third-order valence-corrected chi connectivity index (χ3v) is 6.66. The van der Waals surface area contributed by atoms with E-state index >= 15 is 0 Å². The number of hydrogen-bond acceptors (Lipinski definition) is 4. The highest BCUT2D eigenvalue weighted by Gasteiger charge is 2.31. The summed E-state index contributed by atoms with van der Waals surface area (Å²) in [5.41, 5.74) is 4.61. The van der Waals surface area contributed by atoms with Gasteiger partial charge in [-0.1, -0.05) is 12.1 Å². The van der Waals surface area contributed by atoms with Gasteiger partial charge in [-0.2, -0.15) is 0 Å². The Balaban J connectivity index is 1.42. The maximum Gasteiger partial charge on any atom is 0.261 e. The van der Waals surface area contributed by atoms with E-state index in [9.17, 15) is 9.59 Å². The summed E-state index contributed by atoms with van der Waals surface area (Å²) in [5.74, 6) is 1.26. The van der Waals surface area contributed by atoms with Gasteiger partial charge in [0.15, 0.2) is 0 Å². The lowest BCUT2D eigenvalue weighted by molar-refractivity contribution is -0.116. The lowest BCUT2D eigenvalue weighted by Crippen LogP contribution is -2.45. The number of carbonyl (C=O) groups is 1. The predicted octanol–water partition coefficient (Wildman–Crippen LogP) is 2.67. The van der Waals surface area contributed by atoms with Crippen LogP contribution in [0.3, 0.4) is 0 Å². The molecule has 2 N–H and O–H groups in total. The first-order valence-electron chi connectivity index (χ1n) is 10.8. The van der Waals surface area contributed by atoms with Gasteiger partial charge in [0.1, 0.15) is 12.4 Å². The molecule has 2 aliphatic heterocycles. The molecule has 4 heterocycles. The molecule has 0 radical (unpaired) electrons. The molecule has 7 heteroatoms. The van der Waals surface area contributed by atoms with Gasteiger partial charge in [-0.05, 0) is 62.1 Å². The van der Waals surface area contributed by atoms with Crippen LogP contribution >= 0.6 is 0 Å². The summed E-state index contributed by atoms with van der Waals surface area (Å²) in [7, 11) is 0. The Hall–Kier alpha value is -3.19. The van der Waals surface area contributed by atoms with E-state index in [-0.39, 0.29) is 18.0 Å². The van der Waals surface area contributed by atoms with E-state index in [1.807, 2.05) is 42.7 Å². The molecule has 1 fully saturated rings. The van der Waals surface area contributed by atoms with E-state index in [0.717, 1.165) is 48.6 Å². The minimum atomic E-state index is -0.147. The van der Waals surface area contributed by atoms with Crippen LogP contribution in [0, 0.1) is 19.8 Å². The number of carbonyl (C=O) groups excluding carboxylic acids is 1. The van der Waals surface area contributed by atoms with Gasteiger partial charge in [0.05, 0.1) is 5.56 Å². The number of benzene rings is 1. The van der Waals surface area contributed by atoms with Crippen molar-refractivity contribution in [2.24, 2.45) is 5.92 Å². The molecule has 7 nitrogen and oxygen atoms in total. The van der Waals surface area contributed by atoms with Gasteiger partial charge in [-0.3, -0.25) is 9.59 Å². The molecule has 1 saturated heterocycles. The largest absolute Gasteiger partial charge is 0.324 e. The van der Waals surface area contributed by atoms with E-state index in [4.69, 9.17) is 0 Å². The highest BCUT2D eigenvalue weighted by Crippen LogP contribution is 2.32. The van der Waals surface area contributed by atoms with Crippen molar-refractivity contribution in [2.75, 3.05) is 18.4 Å². The molecule has 2 aliphatic rings. The monoisotopic (exact) mass is 417 g/mol. The van der Waals surface area contributed by atoms with E-state index in [0.29, 0.717) is 23.2 Å². The molecule has 1 aromatic carbocycles. The molecule has 2 bridgehead atoms. The van der Waals surface area contributed by atoms with E-state index < -0.39 is 0 Å². The summed E-state index contributed by atoms with van der Waals surface area (Å²) >= 11 is 0. The predicted molar refractivity (Wildman–Crippen MR) is 120 cm³/mol. The van der Waals surface area contributed by atoms with Crippen LogP contribution in [0.4, 0.5) is 5.69 Å². The Morgan fingerprint density at radius 3 is 2.97 bits per heavy atom.